The van der Waals surface area contributed by atoms with Gasteiger partial charge in [-0.05, 0) is 68.0 Å². The lowest BCUT2D eigenvalue weighted by Gasteiger charge is -2.32. The Morgan fingerprint density at radius 3 is 2.67 bits per heavy atom. The SMILES string of the molecule is CCN1CCCc2cc(CN(C3CCCC3)S(=O)(=O)c3cccc(NC(=O)CBr)c3)ccc21. The monoisotopic (exact) mass is 533 g/mol. The van der Waals surface area contributed by atoms with Gasteiger partial charge in [0.25, 0.3) is 0 Å². The summed E-state index contributed by atoms with van der Waals surface area (Å²) >= 11 is 3.13. The minimum atomic E-state index is -3.72. The second-order valence-corrected chi connectivity index (χ2v) is 11.3. The van der Waals surface area contributed by atoms with E-state index >= 15 is 0 Å². The number of anilines is 2. The highest BCUT2D eigenvalue weighted by atomic mass is 79.9. The summed E-state index contributed by atoms with van der Waals surface area (Å²) in [4.78, 5) is 14.4. The third-order valence-corrected chi connectivity index (χ3v) is 9.06. The normalized spacial score (nSPS) is 16.8. The quantitative estimate of drug-likeness (QED) is 0.488. The number of halogens is 1. The van der Waals surface area contributed by atoms with E-state index in [4.69, 9.17) is 0 Å². The van der Waals surface area contributed by atoms with Gasteiger partial charge in [-0.25, -0.2) is 8.42 Å². The molecule has 0 unspecified atom stereocenters. The van der Waals surface area contributed by atoms with E-state index in [2.05, 4.69) is 51.3 Å². The molecule has 1 aliphatic carbocycles. The maximum Gasteiger partial charge on any atom is 0.243 e. The molecule has 0 aromatic heterocycles. The molecule has 0 saturated heterocycles. The lowest BCUT2D eigenvalue weighted by Crippen LogP contribution is -2.38. The number of nitrogens with one attached hydrogen (secondary N) is 1. The Balaban J connectivity index is 1.64. The van der Waals surface area contributed by atoms with E-state index in [1.165, 1.54) is 11.3 Å². The number of alkyl halides is 1. The van der Waals surface area contributed by atoms with Crippen LogP contribution in [0.4, 0.5) is 11.4 Å². The molecule has 4 rings (SSSR count). The lowest BCUT2D eigenvalue weighted by molar-refractivity contribution is -0.113. The van der Waals surface area contributed by atoms with Crippen molar-refractivity contribution in [3.8, 4) is 0 Å². The molecule has 0 spiro atoms. The van der Waals surface area contributed by atoms with Crippen molar-refractivity contribution in [2.24, 2.45) is 0 Å². The van der Waals surface area contributed by atoms with Gasteiger partial charge < -0.3 is 10.2 Å². The number of hydrogen-bond acceptors (Lipinski definition) is 4. The molecule has 1 amide bonds. The average Bonchev–Trinajstić information content (AvgIpc) is 3.36. The summed E-state index contributed by atoms with van der Waals surface area (Å²) in [5, 5.41) is 2.89. The molecule has 2 aromatic rings. The van der Waals surface area contributed by atoms with Crippen LogP contribution < -0.4 is 10.2 Å². The highest BCUT2D eigenvalue weighted by Crippen LogP contribution is 2.33. The smallest absolute Gasteiger partial charge is 0.243 e. The first-order chi connectivity index (χ1) is 15.9. The molecule has 2 aliphatic rings. The standard InChI is InChI=1S/C25H32BrN3O3S/c1-2-28-14-6-7-20-15-19(12-13-24(20)28)18-29(22-9-3-4-10-22)33(31,32)23-11-5-8-21(16-23)27-25(30)17-26/h5,8,11-13,15-16,22H,2-4,6-7,9-10,14,17-18H2,1H3,(H,27,30). The summed E-state index contributed by atoms with van der Waals surface area (Å²) < 4.78 is 29.3. The first-order valence-corrected chi connectivity index (χ1v) is 14.3. The molecule has 1 N–H and O–H groups in total. The average molecular weight is 535 g/mol. The molecule has 1 heterocycles. The zero-order valence-electron chi connectivity index (χ0n) is 19.1. The third kappa shape index (κ3) is 5.44. The van der Waals surface area contributed by atoms with Gasteiger partial charge in [0.15, 0.2) is 0 Å². The fourth-order valence-electron chi connectivity index (χ4n) is 5.00. The minimum absolute atomic E-state index is 0.000961. The van der Waals surface area contributed by atoms with E-state index in [1.54, 1.807) is 28.6 Å². The Kier molecular flexibility index (Phi) is 7.76. The first-order valence-electron chi connectivity index (χ1n) is 11.8. The molecular weight excluding hydrogens is 502 g/mol. The van der Waals surface area contributed by atoms with Crippen molar-refractivity contribution in [1.29, 1.82) is 0 Å². The Morgan fingerprint density at radius 1 is 1.15 bits per heavy atom. The number of sulfonamides is 1. The number of carbonyl (C=O) groups is 1. The summed E-state index contributed by atoms with van der Waals surface area (Å²) in [6, 6.07) is 13.0. The van der Waals surface area contributed by atoms with Gasteiger partial charge in [-0.2, -0.15) is 4.31 Å². The largest absolute Gasteiger partial charge is 0.372 e. The maximum absolute atomic E-state index is 13.8. The number of benzene rings is 2. The number of carbonyl (C=O) groups excluding carboxylic acids is 1. The number of aryl methyl sites for hydroxylation is 1. The summed E-state index contributed by atoms with van der Waals surface area (Å²) in [7, 11) is -3.72. The van der Waals surface area contributed by atoms with Crippen molar-refractivity contribution >= 4 is 43.2 Å². The first kappa shape index (κ1) is 24.2. The molecule has 0 radical (unpaired) electrons. The van der Waals surface area contributed by atoms with Crippen LogP contribution in [0.25, 0.3) is 0 Å². The van der Waals surface area contributed by atoms with Gasteiger partial charge in [0.2, 0.25) is 15.9 Å². The Labute approximate surface area is 205 Å². The molecule has 0 bridgehead atoms. The van der Waals surface area contributed by atoms with Crippen LogP contribution in [0, 0.1) is 0 Å². The number of fused-ring (bicyclic) bond motifs is 1. The Morgan fingerprint density at radius 2 is 1.94 bits per heavy atom. The molecule has 2 aromatic carbocycles. The molecule has 0 atom stereocenters. The van der Waals surface area contributed by atoms with Crippen LogP contribution in [0.3, 0.4) is 0 Å². The molecule has 1 saturated carbocycles. The van der Waals surface area contributed by atoms with Crippen LogP contribution >= 0.6 is 15.9 Å². The minimum Gasteiger partial charge on any atom is -0.372 e. The zero-order valence-corrected chi connectivity index (χ0v) is 21.5. The lowest BCUT2D eigenvalue weighted by atomic mass is 9.99. The van der Waals surface area contributed by atoms with E-state index in [0.29, 0.717) is 12.2 Å². The van der Waals surface area contributed by atoms with Gasteiger partial charge in [0.1, 0.15) is 0 Å². The van der Waals surface area contributed by atoms with Gasteiger partial charge in [0.05, 0.1) is 10.2 Å². The van der Waals surface area contributed by atoms with Crippen LogP contribution in [0.1, 0.15) is 50.2 Å². The van der Waals surface area contributed by atoms with Crippen molar-refractivity contribution in [3.05, 3.63) is 53.6 Å². The van der Waals surface area contributed by atoms with E-state index < -0.39 is 10.0 Å². The summed E-state index contributed by atoms with van der Waals surface area (Å²) in [5.41, 5.74) is 4.10. The van der Waals surface area contributed by atoms with Crippen molar-refractivity contribution in [3.63, 3.8) is 0 Å². The highest BCUT2D eigenvalue weighted by molar-refractivity contribution is 9.09. The number of rotatable bonds is 8. The van der Waals surface area contributed by atoms with E-state index in [9.17, 15) is 13.2 Å². The summed E-state index contributed by atoms with van der Waals surface area (Å²) in [5.74, 6) is -0.215. The second kappa shape index (κ2) is 10.6. The molecule has 178 valence electrons. The summed E-state index contributed by atoms with van der Waals surface area (Å²) in [6.07, 6.45) is 6.02. The van der Waals surface area contributed by atoms with E-state index in [1.807, 2.05) is 0 Å². The van der Waals surface area contributed by atoms with E-state index in [0.717, 1.165) is 57.2 Å². The van der Waals surface area contributed by atoms with Crippen LogP contribution in [0.15, 0.2) is 47.4 Å². The molecule has 33 heavy (non-hydrogen) atoms. The highest BCUT2D eigenvalue weighted by Gasteiger charge is 2.34. The predicted molar refractivity (Wildman–Crippen MR) is 137 cm³/mol. The van der Waals surface area contributed by atoms with Crippen LogP contribution in [0.2, 0.25) is 0 Å². The predicted octanol–water partition coefficient (Wildman–Crippen LogP) is 4.93. The third-order valence-electron chi connectivity index (χ3n) is 6.66. The number of nitrogens with zero attached hydrogens (tertiary/aromatic N) is 2. The maximum atomic E-state index is 13.8. The van der Waals surface area contributed by atoms with Gasteiger partial charge in [-0.15, -0.1) is 0 Å². The van der Waals surface area contributed by atoms with Crippen molar-refractivity contribution in [2.75, 3.05) is 28.6 Å². The molecule has 1 aliphatic heterocycles. The molecule has 6 nitrogen and oxygen atoms in total. The number of amides is 1. The fraction of sp³-hybridized carbons (Fsp3) is 0.480. The second-order valence-electron chi connectivity index (χ2n) is 8.84. The zero-order chi connectivity index (χ0) is 23.4. The molecule has 1 fully saturated rings. The van der Waals surface area contributed by atoms with Crippen LogP contribution in [0.5, 0.6) is 0 Å². The van der Waals surface area contributed by atoms with Gasteiger partial charge in [0, 0.05) is 37.1 Å². The summed E-state index contributed by atoms with van der Waals surface area (Å²) in [6.45, 7) is 4.60. The van der Waals surface area contributed by atoms with Crippen molar-refractivity contribution in [2.45, 2.75) is 62.9 Å². The topological polar surface area (TPSA) is 69.7 Å². The van der Waals surface area contributed by atoms with Crippen LogP contribution in [-0.4, -0.2) is 43.1 Å². The van der Waals surface area contributed by atoms with Gasteiger partial charge in [-0.1, -0.05) is 47.0 Å². The van der Waals surface area contributed by atoms with Crippen LogP contribution in [-0.2, 0) is 27.8 Å². The molecular formula is C25H32BrN3O3S. The van der Waals surface area contributed by atoms with Crippen molar-refractivity contribution in [1.82, 2.24) is 4.31 Å². The van der Waals surface area contributed by atoms with Gasteiger partial charge in [-0.3, -0.25) is 4.79 Å². The number of hydrogen-bond donors (Lipinski definition) is 1. The Bertz CT molecular complexity index is 1100. The van der Waals surface area contributed by atoms with Gasteiger partial charge >= 0.3 is 0 Å². The molecule has 8 heteroatoms. The Hall–Kier alpha value is -1.90. The van der Waals surface area contributed by atoms with E-state index in [-0.39, 0.29) is 22.2 Å². The van der Waals surface area contributed by atoms with Crippen molar-refractivity contribution < 1.29 is 13.2 Å². The fourth-order valence-corrected chi connectivity index (χ4v) is 6.86.